The van der Waals surface area contributed by atoms with Crippen molar-refractivity contribution in [2.24, 2.45) is 0 Å². The molecule has 3 aliphatic rings. The summed E-state index contributed by atoms with van der Waals surface area (Å²) in [6.45, 7) is 8.82. The summed E-state index contributed by atoms with van der Waals surface area (Å²) >= 11 is 0. The van der Waals surface area contributed by atoms with Gasteiger partial charge in [0.05, 0.1) is 5.52 Å². The van der Waals surface area contributed by atoms with Gasteiger partial charge < -0.3 is 19.9 Å². The number of rotatable bonds is 6. The van der Waals surface area contributed by atoms with Crippen LogP contribution in [0, 0.1) is 0 Å². The van der Waals surface area contributed by atoms with Gasteiger partial charge in [-0.2, -0.15) is 13.2 Å². The number of pyridine rings is 1. The number of carbonyl (C=O) groups excluding carboxylic acids is 1. The second-order valence-corrected chi connectivity index (χ2v) is 11.4. The number of carbonyl (C=O) groups is 2. The van der Waals surface area contributed by atoms with E-state index < -0.39 is 12.1 Å². The number of aliphatic carboxylic acids is 1. The largest absolute Gasteiger partial charge is 0.490 e. The molecule has 1 aromatic carbocycles. The normalized spacial score (nSPS) is 23.6. The summed E-state index contributed by atoms with van der Waals surface area (Å²) in [6.07, 6.45) is 3.43. The lowest BCUT2D eigenvalue weighted by Gasteiger charge is -2.40. The Labute approximate surface area is 232 Å². The van der Waals surface area contributed by atoms with Gasteiger partial charge in [-0.05, 0) is 83.0 Å². The average molecular weight is 565 g/mol. The molecular weight excluding hydrogens is 525 g/mol. The number of likely N-dealkylation sites (tertiary alicyclic amines) is 1. The van der Waals surface area contributed by atoms with Crippen LogP contribution >= 0.6 is 0 Å². The van der Waals surface area contributed by atoms with Crippen molar-refractivity contribution in [2.75, 3.05) is 26.2 Å². The third kappa shape index (κ3) is 7.04. The molecule has 40 heavy (non-hydrogen) atoms. The summed E-state index contributed by atoms with van der Waals surface area (Å²) in [5.74, 6) is -2.97. The number of nitrogens with zero attached hydrogens (tertiary/aromatic N) is 3. The number of hydrogen-bond acceptors (Lipinski definition) is 5. The molecule has 0 spiro atoms. The molecule has 11 heteroatoms. The molecule has 0 saturated carbocycles. The SMILES string of the molecule is CC(C)n1c(=O)c(C(=O)NC2C[C@H]3CC[C@@H](C2)N3CCN2CCCCC2)cc2ccccc21.O=C(O)C(F)(F)F. The van der Waals surface area contributed by atoms with Crippen LogP contribution in [0.2, 0.25) is 0 Å². The molecule has 0 aliphatic carbocycles. The number of halogens is 3. The number of fused-ring (bicyclic) bond motifs is 3. The highest BCUT2D eigenvalue weighted by Gasteiger charge is 2.41. The highest BCUT2D eigenvalue weighted by Crippen LogP contribution is 2.35. The van der Waals surface area contributed by atoms with E-state index in [9.17, 15) is 22.8 Å². The van der Waals surface area contributed by atoms with Crippen LogP contribution in [-0.2, 0) is 4.79 Å². The minimum absolute atomic E-state index is 0.00543. The summed E-state index contributed by atoms with van der Waals surface area (Å²) in [5, 5.41) is 11.3. The number of nitrogens with one attached hydrogen (secondary N) is 1. The Hall–Kier alpha value is -2.92. The molecular formula is C29H39F3N4O4. The van der Waals surface area contributed by atoms with Gasteiger partial charge in [-0.1, -0.05) is 24.6 Å². The van der Waals surface area contributed by atoms with E-state index in [1.54, 1.807) is 10.6 Å². The van der Waals surface area contributed by atoms with Crippen LogP contribution in [0.15, 0.2) is 35.1 Å². The average Bonchev–Trinajstić information content (AvgIpc) is 3.14. The molecule has 2 N–H and O–H groups in total. The summed E-state index contributed by atoms with van der Waals surface area (Å²) in [7, 11) is 0. The molecule has 2 bridgehead atoms. The smallest absolute Gasteiger partial charge is 0.475 e. The van der Waals surface area contributed by atoms with Gasteiger partial charge in [0.25, 0.3) is 11.5 Å². The molecule has 3 aliphatic heterocycles. The quantitative estimate of drug-likeness (QED) is 0.539. The van der Waals surface area contributed by atoms with Gasteiger partial charge in [-0.3, -0.25) is 14.5 Å². The van der Waals surface area contributed by atoms with Crippen molar-refractivity contribution in [3.8, 4) is 0 Å². The van der Waals surface area contributed by atoms with Crippen molar-refractivity contribution in [2.45, 2.75) is 89.1 Å². The van der Waals surface area contributed by atoms with Crippen LogP contribution in [0.25, 0.3) is 10.9 Å². The molecule has 1 aromatic heterocycles. The van der Waals surface area contributed by atoms with Gasteiger partial charge in [0.1, 0.15) is 5.56 Å². The maximum atomic E-state index is 13.3. The third-order valence-electron chi connectivity index (χ3n) is 8.29. The van der Waals surface area contributed by atoms with E-state index in [0.717, 1.165) is 30.3 Å². The van der Waals surface area contributed by atoms with Gasteiger partial charge in [-0.15, -0.1) is 0 Å². The Morgan fingerprint density at radius 2 is 1.62 bits per heavy atom. The zero-order valence-electron chi connectivity index (χ0n) is 23.1. The Morgan fingerprint density at radius 3 is 2.20 bits per heavy atom. The van der Waals surface area contributed by atoms with E-state index in [1.165, 1.54) is 51.7 Å². The van der Waals surface area contributed by atoms with Crippen molar-refractivity contribution < 1.29 is 27.9 Å². The lowest BCUT2D eigenvalue weighted by Crippen LogP contribution is -2.52. The molecule has 3 saturated heterocycles. The van der Waals surface area contributed by atoms with Crippen LogP contribution in [0.5, 0.6) is 0 Å². The lowest BCUT2D eigenvalue weighted by atomic mass is 9.96. The topological polar surface area (TPSA) is 94.9 Å². The van der Waals surface area contributed by atoms with Crippen molar-refractivity contribution in [1.29, 1.82) is 0 Å². The molecule has 1 unspecified atom stereocenters. The molecule has 5 rings (SSSR count). The van der Waals surface area contributed by atoms with Crippen LogP contribution < -0.4 is 10.9 Å². The van der Waals surface area contributed by atoms with Crippen LogP contribution in [0.4, 0.5) is 13.2 Å². The maximum Gasteiger partial charge on any atom is 0.490 e. The van der Waals surface area contributed by atoms with Gasteiger partial charge in [0.15, 0.2) is 0 Å². The van der Waals surface area contributed by atoms with Crippen molar-refractivity contribution in [1.82, 2.24) is 19.7 Å². The minimum atomic E-state index is -5.08. The predicted molar refractivity (Wildman–Crippen MR) is 147 cm³/mol. The summed E-state index contributed by atoms with van der Waals surface area (Å²) < 4.78 is 33.5. The van der Waals surface area contributed by atoms with Crippen LogP contribution in [0.1, 0.15) is 75.2 Å². The van der Waals surface area contributed by atoms with E-state index in [2.05, 4.69) is 15.1 Å². The van der Waals surface area contributed by atoms with Crippen molar-refractivity contribution >= 4 is 22.8 Å². The summed E-state index contributed by atoms with van der Waals surface area (Å²) in [6, 6.07) is 10.9. The highest BCUT2D eigenvalue weighted by molar-refractivity contribution is 5.97. The first-order valence-corrected chi connectivity index (χ1v) is 14.2. The zero-order chi connectivity index (χ0) is 29.0. The maximum absolute atomic E-state index is 13.3. The zero-order valence-corrected chi connectivity index (χ0v) is 23.1. The second kappa shape index (κ2) is 12.7. The number of carboxylic acid groups (broad SMARTS) is 1. The first-order valence-electron chi connectivity index (χ1n) is 14.2. The van der Waals surface area contributed by atoms with E-state index >= 15 is 0 Å². The standard InChI is InChI=1S/C27H38N4O2.C2HF3O2/c1-19(2)31-25-9-5-4-8-20(25)16-24(27(31)33)26(32)28-21-17-22-10-11-23(18-21)30(22)15-14-29-12-6-3-7-13-29;3-2(4,5)1(6)7/h4-5,8-9,16,19,21-23H,3,6-7,10-15,17-18H2,1-2H3,(H,28,32);(H,6,7)/t21?,22-,23+;. The Balaban J connectivity index is 0.000000470. The van der Waals surface area contributed by atoms with Crippen molar-refractivity contribution in [3.05, 3.63) is 46.2 Å². The third-order valence-corrected chi connectivity index (χ3v) is 8.29. The Bertz CT molecular complexity index is 1240. The summed E-state index contributed by atoms with van der Waals surface area (Å²) in [5.41, 5.74) is 0.958. The van der Waals surface area contributed by atoms with Gasteiger partial charge in [0, 0.05) is 37.3 Å². The van der Waals surface area contributed by atoms with Gasteiger partial charge in [-0.25, -0.2) is 4.79 Å². The van der Waals surface area contributed by atoms with Gasteiger partial charge >= 0.3 is 12.1 Å². The first-order chi connectivity index (χ1) is 19.0. The molecule has 3 fully saturated rings. The number of piperidine rings is 2. The molecule has 2 aromatic rings. The van der Waals surface area contributed by atoms with Crippen molar-refractivity contribution in [3.63, 3.8) is 0 Å². The fourth-order valence-electron chi connectivity index (χ4n) is 6.42. The molecule has 8 nitrogen and oxygen atoms in total. The van der Waals surface area contributed by atoms with Crippen LogP contribution in [0.3, 0.4) is 0 Å². The first kappa shape index (κ1) is 30.0. The Kier molecular flexibility index (Phi) is 9.56. The van der Waals surface area contributed by atoms with E-state index in [1.807, 2.05) is 38.1 Å². The number of para-hydroxylation sites is 1. The van der Waals surface area contributed by atoms with Crippen LogP contribution in [-0.4, -0.2) is 81.8 Å². The Morgan fingerprint density at radius 1 is 1.02 bits per heavy atom. The number of benzene rings is 1. The highest BCUT2D eigenvalue weighted by atomic mass is 19.4. The minimum Gasteiger partial charge on any atom is -0.475 e. The van der Waals surface area contributed by atoms with E-state index in [4.69, 9.17) is 9.90 Å². The van der Waals surface area contributed by atoms with E-state index in [0.29, 0.717) is 12.1 Å². The number of carboxylic acids is 1. The van der Waals surface area contributed by atoms with E-state index in [-0.39, 0.29) is 29.1 Å². The number of aromatic nitrogens is 1. The molecule has 0 radical (unpaired) electrons. The molecule has 3 atom stereocenters. The number of hydrogen-bond donors (Lipinski definition) is 2. The second-order valence-electron chi connectivity index (χ2n) is 11.4. The summed E-state index contributed by atoms with van der Waals surface area (Å²) in [4.78, 5) is 40.7. The fourth-order valence-corrected chi connectivity index (χ4v) is 6.42. The lowest BCUT2D eigenvalue weighted by molar-refractivity contribution is -0.192. The molecule has 220 valence electrons. The predicted octanol–water partition coefficient (Wildman–Crippen LogP) is 4.43. The molecule has 1 amide bonds. The fraction of sp³-hybridized carbons (Fsp3) is 0.621. The monoisotopic (exact) mass is 564 g/mol. The van der Waals surface area contributed by atoms with Gasteiger partial charge in [0.2, 0.25) is 0 Å². The number of amides is 1. The number of alkyl halides is 3. The molecule has 4 heterocycles.